The van der Waals surface area contributed by atoms with Crippen LogP contribution in [0, 0.1) is 28.4 Å². The highest BCUT2D eigenvalue weighted by Crippen LogP contribution is 2.19. The molecule has 0 fully saturated rings. The van der Waals surface area contributed by atoms with Gasteiger partial charge in [0.15, 0.2) is 0 Å². The standard InChI is InChI=1S/C16H15N3O4/c1-11-7-13(10-23-2)14(8-17)16(20)18(11)9-12-5-3-4-6-15(12)19(21)22/h3-7H,9-10H2,1-2H3. The average molecular weight is 313 g/mol. The molecule has 0 bridgehead atoms. The molecule has 0 saturated heterocycles. The number of para-hydroxylation sites is 1. The highest BCUT2D eigenvalue weighted by molar-refractivity contribution is 5.41. The van der Waals surface area contributed by atoms with Crippen molar-refractivity contribution in [1.29, 1.82) is 5.26 Å². The molecule has 0 spiro atoms. The largest absolute Gasteiger partial charge is 0.380 e. The predicted octanol–water partition coefficient (Wildman–Crippen LogP) is 2.13. The van der Waals surface area contributed by atoms with Crippen molar-refractivity contribution < 1.29 is 9.66 Å². The molecular weight excluding hydrogens is 298 g/mol. The van der Waals surface area contributed by atoms with E-state index in [1.807, 2.05) is 6.07 Å². The molecule has 0 aliphatic heterocycles. The van der Waals surface area contributed by atoms with Crippen LogP contribution >= 0.6 is 0 Å². The Bertz CT molecular complexity index is 849. The van der Waals surface area contributed by atoms with Crippen LogP contribution in [0.5, 0.6) is 0 Å². The van der Waals surface area contributed by atoms with Crippen molar-refractivity contribution in [3.05, 3.63) is 73.2 Å². The monoisotopic (exact) mass is 313 g/mol. The normalized spacial score (nSPS) is 10.3. The summed E-state index contributed by atoms with van der Waals surface area (Å²) < 4.78 is 6.36. The fraction of sp³-hybridized carbons (Fsp3) is 0.250. The molecule has 0 aliphatic rings. The number of rotatable bonds is 5. The van der Waals surface area contributed by atoms with Crippen LogP contribution in [0.3, 0.4) is 0 Å². The Labute approximate surface area is 132 Å². The van der Waals surface area contributed by atoms with Crippen LogP contribution < -0.4 is 5.56 Å². The second kappa shape index (κ2) is 6.85. The second-order valence-electron chi connectivity index (χ2n) is 5.01. The van der Waals surface area contributed by atoms with Gasteiger partial charge in [0.05, 0.1) is 18.1 Å². The summed E-state index contributed by atoms with van der Waals surface area (Å²) in [4.78, 5) is 23.1. The summed E-state index contributed by atoms with van der Waals surface area (Å²) in [5.41, 5.74) is 0.994. The number of nitro benzene ring substituents is 1. The molecule has 7 nitrogen and oxygen atoms in total. The number of pyridine rings is 1. The zero-order valence-electron chi connectivity index (χ0n) is 12.8. The van der Waals surface area contributed by atoms with Crippen molar-refractivity contribution in [1.82, 2.24) is 4.57 Å². The van der Waals surface area contributed by atoms with Gasteiger partial charge in [-0.15, -0.1) is 0 Å². The molecule has 2 rings (SSSR count). The molecule has 118 valence electrons. The smallest absolute Gasteiger partial charge is 0.274 e. The van der Waals surface area contributed by atoms with E-state index in [4.69, 9.17) is 4.74 Å². The van der Waals surface area contributed by atoms with Crippen LogP contribution in [0.4, 0.5) is 5.69 Å². The van der Waals surface area contributed by atoms with E-state index in [0.29, 0.717) is 16.8 Å². The molecule has 0 aliphatic carbocycles. The fourth-order valence-corrected chi connectivity index (χ4v) is 2.41. The van der Waals surface area contributed by atoms with Crippen LogP contribution in [0.1, 0.15) is 22.4 Å². The molecule has 0 radical (unpaired) electrons. The summed E-state index contributed by atoms with van der Waals surface area (Å²) in [6.07, 6.45) is 0. The van der Waals surface area contributed by atoms with Crippen LogP contribution in [0.15, 0.2) is 35.1 Å². The van der Waals surface area contributed by atoms with Gasteiger partial charge in [-0.25, -0.2) is 0 Å². The Morgan fingerprint density at radius 2 is 2.04 bits per heavy atom. The van der Waals surface area contributed by atoms with Gasteiger partial charge in [0.1, 0.15) is 11.6 Å². The lowest BCUT2D eigenvalue weighted by molar-refractivity contribution is -0.385. The van der Waals surface area contributed by atoms with Crippen molar-refractivity contribution >= 4 is 5.69 Å². The Morgan fingerprint density at radius 1 is 1.35 bits per heavy atom. The number of nitro groups is 1. The quantitative estimate of drug-likeness (QED) is 0.622. The molecule has 1 aromatic carbocycles. The van der Waals surface area contributed by atoms with Gasteiger partial charge in [-0.05, 0) is 13.0 Å². The second-order valence-corrected chi connectivity index (χ2v) is 5.01. The van der Waals surface area contributed by atoms with Gasteiger partial charge in [-0.2, -0.15) is 5.26 Å². The van der Waals surface area contributed by atoms with E-state index in [1.54, 1.807) is 31.2 Å². The summed E-state index contributed by atoms with van der Waals surface area (Å²) in [7, 11) is 1.48. The minimum Gasteiger partial charge on any atom is -0.380 e. The van der Waals surface area contributed by atoms with E-state index in [9.17, 15) is 20.2 Å². The molecule has 0 unspecified atom stereocenters. The third-order valence-electron chi connectivity index (χ3n) is 3.52. The van der Waals surface area contributed by atoms with E-state index in [1.165, 1.54) is 17.7 Å². The highest BCUT2D eigenvalue weighted by atomic mass is 16.6. The van der Waals surface area contributed by atoms with E-state index in [0.717, 1.165) is 0 Å². The number of methoxy groups -OCH3 is 1. The Morgan fingerprint density at radius 3 is 2.65 bits per heavy atom. The van der Waals surface area contributed by atoms with Gasteiger partial charge < -0.3 is 9.30 Å². The fourth-order valence-electron chi connectivity index (χ4n) is 2.41. The Kier molecular flexibility index (Phi) is 4.88. The summed E-state index contributed by atoms with van der Waals surface area (Å²) in [5, 5.41) is 20.3. The van der Waals surface area contributed by atoms with Crippen LogP contribution in [-0.2, 0) is 17.9 Å². The molecule has 2 aromatic rings. The van der Waals surface area contributed by atoms with Gasteiger partial charge in [0, 0.05) is 30.0 Å². The van der Waals surface area contributed by atoms with Gasteiger partial charge >= 0.3 is 0 Å². The average Bonchev–Trinajstić information content (AvgIpc) is 2.52. The number of aromatic nitrogens is 1. The third kappa shape index (κ3) is 3.27. The van der Waals surface area contributed by atoms with E-state index < -0.39 is 10.5 Å². The number of benzene rings is 1. The minimum atomic E-state index is -0.486. The first-order valence-corrected chi connectivity index (χ1v) is 6.84. The molecule has 0 atom stereocenters. The number of ether oxygens (including phenoxy) is 1. The van der Waals surface area contributed by atoms with Crippen molar-refractivity contribution in [2.45, 2.75) is 20.1 Å². The summed E-state index contributed by atoms with van der Waals surface area (Å²) in [6, 6.07) is 9.81. The predicted molar refractivity (Wildman–Crippen MR) is 83.1 cm³/mol. The third-order valence-corrected chi connectivity index (χ3v) is 3.52. The minimum absolute atomic E-state index is 0.00367. The van der Waals surface area contributed by atoms with E-state index >= 15 is 0 Å². The van der Waals surface area contributed by atoms with Crippen molar-refractivity contribution in [3.8, 4) is 6.07 Å². The van der Waals surface area contributed by atoms with Crippen LogP contribution in [0.25, 0.3) is 0 Å². The van der Waals surface area contributed by atoms with Crippen LogP contribution in [0.2, 0.25) is 0 Å². The topological polar surface area (TPSA) is 98.2 Å². The molecule has 0 saturated carbocycles. The lowest BCUT2D eigenvalue weighted by atomic mass is 10.1. The van der Waals surface area contributed by atoms with E-state index in [-0.39, 0.29) is 24.4 Å². The number of nitriles is 1. The van der Waals surface area contributed by atoms with Gasteiger partial charge in [-0.1, -0.05) is 18.2 Å². The maximum atomic E-state index is 12.5. The first-order valence-electron chi connectivity index (χ1n) is 6.84. The number of hydrogen-bond donors (Lipinski definition) is 0. The lowest BCUT2D eigenvalue weighted by Gasteiger charge is -2.13. The lowest BCUT2D eigenvalue weighted by Crippen LogP contribution is -2.27. The summed E-state index contributed by atoms with van der Waals surface area (Å²) in [5.74, 6) is 0. The molecular formula is C16H15N3O4. The van der Waals surface area contributed by atoms with Crippen molar-refractivity contribution in [3.63, 3.8) is 0 Å². The van der Waals surface area contributed by atoms with Crippen LogP contribution in [-0.4, -0.2) is 16.6 Å². The molecule has 1 aromatic heterocycles. The molecule has 0 N–H and O–H groups in total. The SMILES string of the molecule is COCc1cc(C)n(Cc2ccccc2[N+](=O)[O-])c(=O)c1C#N. The van der Waals surface area contributed by atoms with Gasteiger partial charge in [0.25, 0.3) is 11.2 Å². The maximum Gasteiger partial charge on any atom is 0.274 e. The first kappa shape index (κ1) is 16.4. The Balaban J connectivity index is 2.56. The Hall–Kier alpha value is -2.98. The molecule has 7 heteroatoms. The van der Waals surface area contributed by atoms with Crippen molar-refractivity contribution in [2.24, 2.45) is 0 Å². The first-order chi connectivity index (χ1) is 11.0. The zero-order valence-corrected chi connectivity index (χ0v) is 12.8. The molecule has 1 heterocycles. The highest BCUT2D eigenvalue weighted by Gasteiger charge is 2.17. The number of hydrogen-bond acceptors (Lipinski definition) is 5. The summed E-state index contributed by atoms with van der Waals surface area (Å²) >= 11 is 0. The number of nitrogens with zero attached hydrogens (tertiary/aromatic N) is 3. The maximum absolute atomic E-state index is 12.5. The van der Waals surface area contributed by atoms with Gasteiger partial charge in [0.2, 0.25) is 0 Å². The van der Waals surface area contributed by atoms with Crippen molar-refractivity contribution in [2.75, 3.05) is 7.11 Å². The molecule has 0 amide bonds. The van der Waals surface area contributed by atoms with Gasteiger partial charge in [-0.3, -0.25) is 14.9 Å². The zero-order chi connectivity index (χ0) is 17.0. The number of aryl methyl sites for hydroxylation is 1. The van der Waals surface area contributed by atoms with E-state index in [2.05, 4.69) is 0 Å². The molecule has 23 heavy (non-hydrogen) atoms. The summed E-state index contributed by atoms with van der Waals surface area (Å²) in [6.45, 7) is 1.91.